The summed E-state index contributed by atoms with van der Waals surface area (Å²) in [7, 11) is 1.40. The van der Waals surface area contributed by atoms with Crippen molar-refractivity contribution < 1.29 is 9.63 Å². The number of nitrogens with zero attached hydrogens (tertiary/aromatic N) is 1. The summed E-state index contributed by atoms with van der Waals surface area (Å²) in [5.41, 5.74) is 26.3. The zero-order chi connectivity index (χ0) is 36.4. The van der Waals surface area contributed by atoms with Crippen LogP contribution < -0.4 is 38.6 Å². The van der Waals surface area contributed by atoms with Crippen molar-refractivity contribution in [1.82, 2.24) is 10.6 Å². The number of nitrogen functional groups attached to an aromatic ring is 1. The molecule has 3 atom stereocenters. The third-order valence-corrected chi connectivity index (χ3v) is 8.72. The first-order valence-electron chi connectivity index (χ1n) is 16.3. The van der Waals surface area contributed by atoms with Crippen LogP contribution >= 0.6 is 22.9 Å². The van der Waals surface area contributed by atoms with Crippen LogP contribution in [0.3, 0.4) is 0 Å². The van der Waals surface area contributed by atoms with Gasteiger partial charge in [-0.25, -0.2) is 5.90 Å². The van der Waals surface area contributed by atoms with Gasteiger partial charge in [0, 0.05) is 46.7 Å². The number of rotatable bonds is 5. The van der Waals surface area contributed by atoms with Gasteiger partial charge < -0.3 is 37.6 Å². The standard InChI is InChI=1S/C17H23ClN4S.C15H16N2O.2C2H6.CH5NO/c1-9-10(2)23-17-15(9)16(12-4-6-13(18)7-5-12)21-8-14(20)22(17)11(3)19;1-11(18)17-10-12-6-8-13(9-7-12)14-4-2-3-5-15(14)16;2*1-2;1-3-2/h4-7,11,14,16,21H,8,19-20H2,1-3H3;2-9H,10,16H2,1H3,(H,17,18);2*1-2H3;2H2,1H3. The van der Waals surface area contributed by atoms with Crippen LogP contribution in [0.25, 0.3) is 11.1 Å². The number of fused-ring (bicyclic) bond motifs is 1. The van der Waals surface area contributed by atoms with Crippen LogP contribution in [-0.2, 0) is 16.2 Å². The molecular formula is C37H56ClN7O2S. The van der Waals surface area contributed by atoms with E-state index in [2.05, 4.69) is 52.2 Å². The van der Waals surface area contributed by atoms with Gasteiger partial charge in [0.2, 0.25) is 5.91 Å². The van der Waals surface area contributed by atoms with Crippen molar-refractivity contribution in [2.24, 2.45) is 17.4 Å². The van der Waals surface area contributed by atoms with Crippen LogP contribution in [-0.4, -0.2) is 31.9 Å². The summed E-state index contributed by atoms with van der Waals surface area (Å²) in [6.07, 6.45) is -0.282. The Morgan fingerprint density at radius 2 is 1.60 bits per heavy atom. The number of aryl methyl sites for hydroxylation is 1. The number of carbonyl (C=O) groups is 1. The predicted molar refractivity (Wildman–Crippen MR) is 207 cm³/mol. The van der Waals surface area contributed by atoms with E-state index in [9.17, 15) is 4.79 Å². The maximum Gasteiger partial charge on any atom is 0.217 e. The lowest BCUT2D eigenvalue weighted by Crippen LogP contribution is -2.54. The third-order valence-electron chi connectivity index (χ3n) is 7.23. The first-order valence-corrected chi connectivity index (χ1v) is 17.5. The molecule has 11 heteroatoms. The Kier molecular flexibility index (Phi) is 19.7. The highest BCUT2D eigenvalue weighted by atomic mass is 35.5. The lowest BCUT2D eigenvalue weighted by atomic mass is 9.96. The van der Waals surface area contributed by atoms with Crippen molar-refractivity contribution in [2.45, 2.75) is 80.3 Å². The maximum absolute atomic E-state index is 10.8. The number of carbonyl (C=O) groups excluding carboxylic acids is 1. The molecule has 10 N–H and O–H groups in total. The molecule has 0 saturated heterocycles. The number of hydrogen-bond acceptors (Lipinski definition) is 9. The Morgan fingerprint density at radius 3 is 2.12 bits per heavy atom. The van der Waals surface area contributed by atoms with Crippen LogP contribution in [0.1, 0.15) is 74.7 Å². The Hall–Kier alpha value is -3.48. The zero-order valence-corrected chi connectivity index (χ0v) is 31.5. The first kappa shape index (κ1) is 42.5. The molecule has 0 spiro atoms. The summed E-state index contributed by atoms with van der Waals surface area (Å²) in [6, 6.07) is 23.9. The highest BCUT2D eigenvalue weighted by Crippen LogP contribution is 2.43. The lowest BCUT2D eigenvalue weighted by molar-refractivity contribution is -0.119. The Balaban J connectivity index is 0.000000413. The number of anilines is 2. The summed E-state index contributed by atoms with van der Waals surface area (Å²) in [4.78, 5) is 18.0. The van der Waals surface area contributed by atoms with Crippen LogP contribution in [0.15, 0.2) is 72.8 Å². The second-order valence-corrected chi connectivity index (χ2v) is 12.2. The van der Waals surface area contributed by atoms with Crippen molar-refractivity contribution in [3.63, 3.8) is 0 Å². The average molecular weight is 698 g/mol. The van der Waals surface area contributed by atoms with Gasteiger partial charge in [-0.1, -0.05) is 93.9 Å². The smallest absolute Gasteiger partial charge is 0.217 e. The molecular weight excluding hydrogens is 642 g/mol. The summed E-state index contributed by atoms with van der Waals surface area (Å²) in [6.45, 7) is 17.0. The van der Waals surface area contributed by atoms with Crippen LogP contribution in [0.5, 0.6) is 0 Å². The van der Waals surface area contributed by atoms with E-state index in [1.165, 1.54) is 40.6 Å². The number of halogens is 1. The molecule has 48 heavy (non-hydrogen) atoms. The van der Waals surface area contributed by atoms with E-state index in [0.717, 1.165) is 27.4 Å². The molecule has 0 saturated carbocycles. The minimum Gasteiger partial charge on any atom is -0.398 e. The first-order chi connectivity index (χ1) is 23.0. The predicted octanol–water partition coefficient (Wildman–Crippen LogP) is 7.24. The fourth-order valence-electron chi connectivity index (χ4n) is 4.96. The molecule has 0 fully saturated rings. The Bertz CT molecular complexity index is 1490. The van der Waals surface area contributed by atoms with E-state index < -0.39 is 0 Å². The highest BCUT2D eigenvalue weighted by molar-refractivity contribution is 7.16. The number of thiophene rings is 1. The highest BCUT2D eigenvalue weighted by Gasteiger charge is 2.33. The largest absolute Gasteiger partial charge is 0.398 e. The van der Waals surface area contributed by atoms with E-state index in [1.807, 2.05) is 95.3 Å². The van der Waals surface area contributed by atoms with Gasteiger partial charge in [0.25, 0.3) is 0 Å². The maximum atomic E-state index is 10.8. The number of para-hydroxylation sites is 1. The lowest BCUT2D eigenvalue weighted by Gasteiger charge is -2.32. The number of nitrogens with one attached hydrogen (secondary N) is 2. The molecule has 1 aliphatic rings. The molecule has 0 radical (unpaired) electrons. The van der Waals surface area contributed by atoms with Gasteiger partial charge in [-0.05, 0) is 61.2 Å². The van der Waals surface area contributed by atoms with E-state index in [1.54, 1.807) is 11.3 Å². The van der Waals surface area contributed by atoms with Gasteiger partial charge in [0.1, 0.15) is 0 Å². The summed E-state index contributed by atoms with van der Waals surface area (Å²) in [5.74, 6) is 4.33. The zero-order valence-electron chi connectivity index (χ0n) is 29.9. The molecule has 2 heterocycles. The second-order valence-electron chi connectivity index (χ2n) is 10.5. The molecule has 1 aromatic heterocycles. The topological polar surface area (TPSA) is 158 Å². The van der Waals surface area contributed by atoms with Crippen molar-refractivity contribution in [3.8, 4) is 11.1 Å². The monoisotopic (exact) mass is 697 g/mol. The van der Waals surface area contributed by atoms with Gasteiger partial charge in [0.05, 0.1) is 30.5 Å². The van der Waals surface area contributed by atoms with Crippen LogP contribution in [0.4, 0.5) is 10.7 Å². The Labute approximate surface area is 296 Å². The molecule has 0 aliphatic carbocycles. The van der Waals surface area contributed by atoms with Gasteiger partial charge in [-0.15, -0.1) is 11.3 Å². The molecule has 4 aromatic rings. The molecule has 1 amide bonds. The fourth-order valence-corrected chi connectivity index (χ4v) is 6.43. The molecule has 3 aromatic carbocycles. The van der Waals surface area contributed by atoms with Crippen molar-refractivity contribution in [3.05, 3.63) is 105 Å². The molecule has 3 unspecified atom stereocenters. The number of hydrogen-bond donors (Lipinski definition) is 6. The third kappa shape index (κ3) is 12.2. The fraction of sp³-hybridized carbons (Fsp3) is 0.378. The van der Waals surface area contributed by atoms with Crippen LogP contribution in [0, 0.1) is 13.8 Å². The number of amides is 1. The summed E-state index contributed by atoms with van der Waals surface area (Å²) >= 11 is 7.81. The van der Waals surface area contributed by atoms with E-state index >= 15 is 0 Å². The average Bonchev–Trinajstić information content (AvgIpc) is 3.27. The van der Waals surface area contributed by atoms with E-state index in [-0.39, 0.29) is 24.3 Å². The second kappa shape index (κ2) is 22.2. The summed E-state index contributed by atoms with van der Waals surface area (Å²) in [5, 5.41) is 8.29. The van der Waals surface area contributed by atoms with Crippen molar-refractivity contribution in [1.29, 1.82) is 0 Å². The van der Waals surface area contributed by atoms with E-state index in [4.69, 9.17) is 28.8 Å². The van der Waals surface area contributed by atoms with Crippen molar-refractivity contribution >= 4 is 39.5 Å². The minimum absolute atomic E-state index is 0.0219. The van der Waals surface area contributed by atoms with Gasteiger partial charge in [0.15, 0.2) is 0 Å². The molecule has 9 nitrogen and oxygen atoms in total. The number of benzene rings is 3. The summed E-state index contributed by atoms with van der Waals surface area (Å²) < 4.78 is 0. The van der Waals surface area contributed by atoms with Crippen molar-refractivity contribution in [2.75, 3.05) is 24.3 Å². The van der Waals surface area contributed by atoms with Gasteiger partial charge in [-0.2, -0.15) is 0 Å². The molecule has 1 aliphatic heterocycles. The minimum atomic E-state index is -0.150. The Morgan fingerprint density at radius 1 is 1.04 bits per heavy atom. The number of nitrogens with two attached hydrogens (primary N) is 4. The molecule has 0 bridgehead atoms. The van der Waals surface area contributed by atoms with Gasteiger partial charge in [-0.3, -0.25) is 4.79 Å². The molecule has 5 rings (SSSR count). The molecule has 264 valence electrons. The van der Waals surface area contributed by atoms with Gasteiger partial charge >= 0.3 is 0 Å². The van der Waals surface area contributed by atoms with E-state index in [0.29, 0.717) is 13.1 Å². The SMILES string of the molecule is CC.CC.CC(=O)NCc1ccc(-c2ccccc2N)cc1.CON.Cc1sc2c(c1C)C(c1ccc(Cl)cc1)NCC(N)N2C(C)N. The quantitative estimate of drug-likeness (QED) is 0.0941. The van der Waals surface area contributed by atoms with Crippen LogP contribution in [0.2, 0.25) is 5.02 Å². The normalized spacial score (nSPS) is 15.2.